The lowest BCUT2D eigenvalue weighted by Gasteiger charge is -2.14. The van der Waals surface area contributed by atoms with Crippen LogP contribution in [-0.2, 0) is 0 Å². The van der Waals surface area contributed by atoms with Crippen molar-refractivity contribution in [3.8, 4) is 0 Å². The van der Waals surface area contributed by atoms with Crippen LogP contribution in [0.25, 0.3) is 0 Å². The Bertz CT molecular complexity index is 932. The molecule has 31 heavy (non-hydrogen) atoms. The van der Waals surface area contributed by atoms with Crippen molar-refractivity contribution in [2.45, 2.75) is 0 Å². The predicted octanol–water partition coefficient (Wildman–Crippen LogP) is 3.18. The number of rotatable bonds is 6. The molecule has 0 amide bonds. The first-order valence-corrected chi connectivity index (χ1v) is 10.3. The van der Waals surface area contributed by atoms with Gasteiger partial charge in [0, 0.05) is 59.3 Å². The molecule has 0 bridgehead atoms. The van der Waals surface area contributed by atoms with Crippen LogP contribution in [0.3, 0.4) is 0 Å². The van der Waals surface area contributed by atoms with Gasteiger partial charge < -0.3 is 14.7 Å². The second-order valence-corrected chi connectivity index (χ2v) is 8.07. The minimum atomic E-state index is 0.785. The minimum absolute atomic E-state index is 0.785. The van der Waals surface area contributed by atoms with E-state index in [4.69, 9.17) is 0 Å². The standard InChI is InChI=1S/C25H32N6/c1-29(2)22-13-7-19(8-14-22)26-25(27-20-9-15-23(16-10-20)30(3)4)28-21-11-17-24(18-12-21)31(5)6/h7-18H,1-6H3,(H2,26,27,28)/p+1. The lowest BCUT2D eigenvalue weighted by atomic mass is 10.2. The second kappa shape index (κ2) is 9.89. The van der Waals surface area contributed by atoms with Crippen LogP contribution >= 0.6 is 0 Å². The van der Waals surface area contributed by atoms with Crippen LogP contribution in [0.5, 0.6) is 0 Å². The third-order valence-corrected chi connectivity index (χ3v) is 4.96. The molecule has 0 atom stereocenters. The molecule has 162 valence electrons. The minimum Gasteiger partial charge on any atom is -0.378 e. The number of anilines is 5. The van der Waals surface area contributed by atoms with Crippen molar-refractivity contribution in [2.24, 2.45) is 0 Å². The molecule has 3 rings (SSSR count). The van der Waals surface area contributed by atoms with Gasteiger partial charge >= 0.3 is 5.96 Å². The smallest absolute Gasteiger partial charge is 0.358 e. The van der Waals surface area contributed by atoms with E-state index >= 15 is 0 Å². The molecule has 0 radical (unpaired) electrons. The van der Waals surface area contributed by atoms with Crippen LogP contribution in [0.2, 0.25) is 0 Å². The van der Waals surface area contributed by atoms with Crippen LogP contribution in [0, 0.1) is 0 Å². The normalized spacial score (nSPS) is 10.3. The summed E-state index contributed by atoms with van der Waals surface area (Å²) in [5.74, 6) is 0.785. The van der Waals surface area contributed by atoms with Crippen LogP contribution in [0.1, 0.15) is 0 Å². The maximum atomic E-state index is 3.47. The van der Waals surface area contributed by atoms with Crippen molar-refractivity contribution in [1.29, 1.82) is 0 Å². The van der Waals surface area contributed by atoms with Gasteiger partial charge in [-0.25, -0.2) is 15.6 Å². The highest BCUT2D eigenvalue weighted by Gasteiger charge is 2.11. The zero-order valence-electron chi connectivity index (χ0n) is 19.3. The molecule has 0 saturated heterocycles. The highest BCUT2D eigenvalue weighted by atomic mass is 15.2. The molecule has 0 heterocycles. The van der Waals surface area contributed by atoms with E-state index in [-0.39, 0.29) is 0 Å². The Hall–Kier alpha value is -3.67. The fourth-order valence-corrected chi connectivity index (χ4v) is 3.06. The van der Waals surface area contributed by atoms with Gasteiger partial charge in [0.1, 0.15) is 0 Å². The molecule has 6 nitrogen and oxygen atoms in total. The third kappa shape index (κ3) is 6.15. The first-order valence-electron chi connectivity index (χ1n) is 10.3. The summed E-state index contributed by atoms with van der Waals surface area (Å²) in [6, 6.07) is 25.0. The van der Waals surface area contributed by atoms with Crippen LogP contribution in [0.15, 0.2) is 72.8 Å². The molecular formula is C25H33N6+. The molecule has 0 aliphatic heterocycles. The van der Waals surface area contributed by atoms with E-state index in [0.717, 1.165) is 40.1 Å². The highest BCUT2D eigenvalue weighted by molar-refractivity contribution is 6.00. The third-order valence-electron chi connectivity index (χ3n) is 4.96. The molecule has 0 unspecified atom stereocenters. The van der Waals surface area contributed by atoms with E-state index < -0.39 is 0 Å². The molecule has 3 aromatic rings. The van der Waals surface area contributed by atoms with E-state index in [1.165, 1.54) is 0 Å². The van der Waals surface area contributed by atoms with Gasteiger partial charge in [-0.3, -0.25) is 0 Å². The molecule has 0 saturated carbocycles. The van der Waals surface area contributed by atoms with E-state index in [9.17, 15) is 0 Å². The highest BCUT2D eigenvalue weighted by Crippen LogP contribution is 2.18. The molecule has 0 aliphatic rings. The summed E-state index contributed by atoms with van der Waals surface area (Å²) < 4.78 is 0. The molecule has 3 N–H and O–H groups in total. The number of nitrogens with zero attached hydrogens (tertiary/aromatic N) is 3. The number of nitrogens with one attached hydrogen (secondary N) is 3. The van der Waals surface area contributed by atoms with E-state index in [1.807, 2.05) is 42.3 Å². The predicted molar refractivity (Wildman–Crippen MR) is 135 cm³/mol. The maximum absolute atomic E-state index is 3.47. The first-order chi connectivity index (χ1) is 14.8. The molecule has 0 aromatic heterocycles. The average molecular weight is 418 g/mol. The maximum Gasteiger partial charge on any atom is 0.358 e. The van der Waals surface area contributed by atoms with Crippen molar-refractivity contribution in [3.05, 3.63) is 72.8 Å². The Morgan fingerprint density at radius 2 is 0.839 bits per heavy atom. The SMILES string of the molecule is CN(C)c1ccc(NC(Nc2ccc(N(C)C)cc2)=[NH+]c2ccc(N(C)C)cc2)cc1. The van der Waals surface area contributed by atoms with Crippen LogP contribution in [-0.4, -0.2) is 48.2 Å². The Kier molecular flexibility index (Phi) is 7.03. The fourth-order valence-electron chi connectivity index (χ4n) is 3.06. The summed E-state index contributed by atoms with van der Waals surface area (Å²) in [5, 5.41) is 6.94. The lowest BCUT2D eigenvalue weighted by Crippen LogP contribution is -2.70. The van der Waals surface area contributed by atoms with E-state index in [0.29, 0.717) is 0 Å². The summed E-state index contributed by atoms with van der Waals surface area (Å²) in [4.78, 5) is 9.73. The molecule has 0 spiro atoms. The first kappa shape index (κ1) is 22.0. The van der Waals surface area contributed by atoms with Gasteiger partial charge in [-0.1, -0.05) is 0 Å². The zero-order valence-corrected chi connectivity index (χ0v) is 19.3. The number of hydrogen-bond donors (Lipinski definition) is 3. The Balaban J connectivity index is 1.86. The average Bonchev–Trinajstić information content (AvgIpc) is 2.75. The Morgan fingerprint density at radius 3 is 1.16 bits per heavy atom. The summed E-state index contributed by atoms with van der Waals surface area (Å²) in [6.45, 7) is 0. The van der Waals surface area contributed by atoms with Gasteiger partial charge in [0.25, 0.3) is 0 Å². The number of guanidine groups is 1. The van der Waals surface area contributed by atoms with Crippen molar-refractivity contribution < 1.29 is 4.99 Å². The van der Waals surface area contributed by atoms with Gasteiger partial charge in [0.15, 0.2) is 0 Å². The van der Waals surface area contributed by atoms with Crippen molar-refractivity contribution >= 4 is 40.1 Å². The summed E-state index contributed by atoms with van der Waals surface area (Å²) in [5.41, 5.74) is 6.46. The van der Waals surface area contributed by atoms with Crippen LogP contribution in [0.4, 0.5) is 34.1 Å². The lowest BCUT2D eigenvalue weighted by molar-refractivity contribution is -0.353. The van der Waals surface area contributed by atoms with Crippen molar-refractivity contribution in [3.63, 3.8) is 0 Å². The van der Waals surface area contributed by atoms with Gasteiger partial charge in [-0.2, -0.15) is 0 Å². The molecule has 0 fully saturated rings. The zero-order chi connectivity index (χ0) is 22.4. The number of benzene rings is 3. The summed E-state index contributed by atoms with van der Waals surface area (Å²) in [7, 11) is 12.2. The second-order valence-electron chi connectivity index (χ2n) is 8.07. The Labute approximate surface area is 185 Å². The monoisotopic (exact) mass is 417 g/mol. The number of hydrogen-bond acceptors (Lipinski definition) is 3. The molecular weight excluding hydrogens is 384 g/mol. The van der Waals surface area contributed by atoms with E-state index in [1.54, 1.807) is 0 Å². The summed E-state index contributed by atoms with van der Waals surface area (Å²) >= 11 is 0. The fraction of sp³-hybridized carbons (Fsp3) is 0.240. The topological polar surface area (TPSA) is 47.8 Å². The quantitative estimate of drug-likeness (QED) is 0.425. The van der Waals surface area contributed by atoms with Crippen molar-refractivity contribution in [1.82, 2.24) is 0 Å². The molecule has 0 aliphatic carbocycles. The van der Waals surface area contributed by atoms with Crippen molar-refractivity contribution in [2.75, 3.05) is 67.6 Å². The largest absolute Gasteiger partial charge is 0.378 e. The van der Waals surface area contributed by atoms with Gasteiger partial charge in [0.2, 0.25) is 0 Å². The van der Waals surface area contributed by atoms with Gasteiger partial charge in [0.05, 0.1) is 17.1 Å². The molecule has 6 heteroatoms. The van der Waals surface area contributed by atoms with Crippen LogP contribution < -0.4 is 30.3 Å². The molecule has 3 aromatic carbocycles. The Morgan fingerprint density at radius 1 is 0.516 bits per heavy atom. The van der Waals surface area contributed by atoms with Gasteiger partial charge in [-0.15, -0.1) is 0 Å². The summed E-state index contributed by atoms with van der Waals surface area (Å²) in [6.07, 6.45) is 0. The van der Waals surface area contributed by atoms with E-state index in [2.05, 4.69) is 103 Å². The van der Waals surface area contributed by atoms with Gasteiger partial charge in [-0.05, 0) is 72.8 Å².